The molecule has 2 amide bonds. The molecule has 1 aromatic carbocycles. The number of nitrogens with one attached hydrogen (secondary N) is 1. The number of carbonyl (C=O) groups is 2. The number of rotatable bonds is 4. The fourth-order valence-electron chi connectivity index (χ4n) is 5.79. The van der Waals surface area contributed by atoms with Gasteiger partial charge in [-0.15, -0.1) is 0 Å². The number of carbonyl (C=O) groups excluding carboxylic acids is 2. The molecule has 2 aromatic rings. The van der Waals surface area contributed by atoms with Crippen LogP contribution in [0, 0.1) is 17.1 Å². The van der Waals surface area contributed by atoms with Crippen LogP contribution in [0.3, 0.4) is 0 Å². The highest BCUT2D eigenvalue weighted by molar-refractivity contribution is 6.31. The van der Waals surface area contributed by atoms with Crippen molar-refractivity contribution in [1.82, 2.24) is 14.9 Å². The summed E-state index contributed by atoms with van der Waals surface area (Å²) in [5.74, 6) is -0.516. The average Bonchev–Trinajstić information content (AvgIpc) is 2.89. The third kappa shape index (κ3) is 4.17. The summed E-state index contributed by atoms with van der Waals surface area (Å²) in [6.07, 6.45) is 3.54. The molecule has 1 aliphatic carbocycles. The molecule has 192 valence electrons. The van der Waals surface area contributed by atoms with Crippen LogP contribution in [0.2, 0.25) is 5.02 Å². The van der Waals surface area contributed by atoms with E-state index in [4.69, 9.17) is 16.3 Å². The SMILES string of the molecule is C=CC(=O)N1CCN(c2nc(OC)nc3c2NC(=O)C2(CCCc4c(Cl)cc(F)cc42)C3)CC1CC#N. The van der Waals surface area contributed by atoms with Crippen LogP contribution in [0.15, 0.2) is 24.8 Å². The van der Waals surface area contributed by atoms with E-state index in [1.807, 2.05) is 4.90 Å². The summed E-state index contributed by atoms with van der Waals surface area (Å²) >= 11 is 6.38. The Hall–Kier alpha value is -3.71. The molecule has 1 fully saturated rings. The molecule has 1 saturated heterocycles. The Labute approximate surface area is 218 Å². The lowest BCUT2D eigenvalue weighted by Crippen LogP contribution is -2.55. The van der Waals surface area contributed by atoms with E-state index in [-0.39, 0.29) is 36.7 Å². The zero-order chi connectivity index (χ0) is 26.3. The molecule has 1 spiro atoms. The van der Waals surface area contributed by atoms with E-state index in [2.05, 4.69) is 27.9 Å². The number of ether oxygens (including phenoxy) is 1. The molecular weight excluding hydrogens is 499 g/mol. The van der Waals surface area contributed by atoms with Gasteiger partial charge in [-0.1, -0.05) is 18.2 Å². The molecule has 0 bridgehead atoms. The molecule has 5 rings (SSSR count). The van der Waals surface area contributed by atoms with Crippen LogP contribution in [0.5, 0.6) is 6.01 Å². The second-order valence-electron chi connectivity index (χ2n) is 9.53. The standard InChI is InChI=1S/C26H26ClFN6O3/c1-3-21(35)34-10-9-33(14-16(34)6-8-29)23-22-20(30-25(32-23)37-2)13-26(24(36)31-22)7-4-5-17-18(26)11-15(28)12-19(17)27/h3,11-12,16H,1,4-7,9-10,13-14H2,2H3,(H,31,36). The number of amides is 2. The van der Waals surface area contributed by atoms with Crippen LogP contribution in [0.1, 0.15) is 36.1 Å². The van der Waals surface area contributed by atoms with Gasteiger partial charge in [0.2, 0.25) is 11.8 Å². The number of hydrogen-bond donors (Lipinski definition) is 1. The quantitative estimate of drug-likeness (QED) is 0.611. The van der Waals surface area contributed by atoms with Crippen molar-refractivity contribution in [2.45, 2.75) is 43.6 Å². The molecule has 2 unspecified atom stereocenters. The first kappa shape index (κ1) is 25.0. The van der Waals surface area contributed by atoms with Crippen molar-refractivity contribution in [3.8, 4) is 12.1 Å². The number of nitriles is 1. The molecule has 3 aliphatic rings. The predicted octanol–water partition coefficient (Wildman–Crippen LogP) is 3.16. The van der Waals surface area contributed by atoms with Gasteiger partial charge in [-0.3, -0.25) is 9.59 Å². The number of piperazine rings is 1. The average molecular weight is 525 g/mol. The minimum atomic E-state index is -1.01. The third-order valence-electron chi connectivity index (χ3n) is 7.54. The molecule has 3 heterocycles. The summed E-state index contributed by atoms with van der Waals surface area (Å²) < 4.78 is 19.8. The number of halogens is 2. The van der Waals surface area contributed by atoms with Crippen LogP contribution < -0.4 is 15.0 Å². The lowest BCUT2D eigenvalue weighted by Gasteiger charge is -2.44. The number of benzene rings is 1. The van der Waals surface area contributed by atoms with E-state index in [0.29, 0.717) is 60.3 Å². The van der Waals surface area contributed by atoms with Gasteiger partial charge in [0.05, 0.1) is 36.8 Å². The molecule has 11 heteroatoms. The molecule has 2 atom stereocenters. The Morgan fingerprint density at radius 1 is 1.43 bits per heavy atom. The molecule has 0 radical (unpaired) electrons. The van der Waals surface area contributed by atoms with Crippen molar-refractivity contribution >= 4 is 34.9 Å². The van der Waals surface area contributed by atoms with Gasteiger partial charge in [0, 0.05) is 31.1 Å². The van der Waals surface area contributed by atoms with Crippen molar-refractivity contribution in [2.24, 2.45) is 0 Å². The van der Waals surface area contributed by atoms with Gasteiger partial charge in [-0.25, -0.2) is 4.39 Å². The van der Waals surface area contributed by atoms with E-state index >= 15 is 0 Å². The number of methoxy groups -OCH3 is 1. The first-order valence-corrected chi connectivity index (χ1v) is 12.5. The highest BCUT2D eigenvalue weighted by Gasteiger charge is 2.49. The van der Waals surface area contributed by atoms with Crippen molar-refractivity contribution in [2.75, 3.05) is 37.0 Å². The normalized spacial score (nSPS) is 22.5. The summed E-state index contributed by atoms with van der Waals surface area (Å²) in [6.45, 7) is 4.69. The third-order valence-corrected chi connectivity index (χ3v) is 7.88. The Bertz CT molecular complexity index is 1340. The summed E-state index contributed by atoms with van der Waals surface area (Å²) in [6, 6.07) is 4.60. The van der Waals surface area contributed by atoms with Crippen molar-refractivity contribution in [1.29, 1.82) is 5.26 Å². The minimum Gasteiger partial charge on any atom is -0.467 e. The van der Waals surface area contributed by atoms with E-state index in [0.717, 1.165) is 12.0 Å². The van der Waals surface area contributed by atoms with Crippen LogP contribution in [0.4, 0.5) is 15.9 Å². The lowest BCUT2D eigenvalue weighted by atomic mass is 9.65. The summed E-state index contributed by atoms with van der Waals surface area (Å²) in [7, 11) is 1.47. The fraction of sp³-hybridized carbons (Fsp3) is 0.423. The molecular formula is C26H26ClFN6O3. The van der Waals surface area contributed by atoms with Gasteiger partial charge in [0.1, 0.15) is 11.5 Å². The highest BCUT2D eigenvalue weighted by atomic mass is 35.5. The van der Waals surface area contributed by atoms with E-state index in [1.54, 1.807) is 4.90 Å². The predicted molar refractivity (Wildman–Crippen MR) is 135 cm³/mol. The van der Waals surface area contributed by atoms with Crippen molar-refractivity contribution < 1.29 is 18.7 Å². The second kappa shape index (κ2) is 9.63. The summed E-state index contributed by atoms with van der Waals surface area (Å²) in [5.41, 5.74) is 1.41. The molecule has 1 aromatic heterocycles. The second-order valence-corrected chi connectivity index (χ2v) is 9.94. The number of anilines is 2. The number of hydrogen-bond acceptors (Lipinski definition) is 7. The van der Waals surface area contributed by atoms with Crippen LogP contribution in [-0.2, 0) is 27.8 Å². The maximum atomic E-state index is 14.4. The fourth-order valence-corrected chi connectivity index (χ4v) is 6.09. The van der Waals surface area contributed by atoms with Gasteiger partial charge >= 0.3 is 6.01 Å². The van der Waals surface area contributed by atoms with E-state index < -0.39 is 11.2 Å². The number of nitrogens with zero attached hydrogens (tertiary/aromatic N) is 5. The lowest BCUT2D eigenvalue weighted by molar-refractivity contribution is -0.128. The van der Waals surface area contributed by atoms with Crippen molar-refractivity contribution in [3.63, 3.8) is 0 Å². The van der Waals surface area contributed by atoms with E-state index in [1.165, 1.54) is 25.3 Å². The largest absolute Gasteiger partial charge is 0.467 e. The van der Waals surface area contributed by atoms with Gasteiger partial charge in [0.25, 0.3) is 0 Å². The maximum Gasteiger partial charge on any atom is 0.318 e. The van der Waals surface area contributed by atoms with Gasteiger partial charge < -0.3 is 19.9 Å². The van der Waals surface area contributed by atoms with Crippen LogP contribution >= 0.6 is 11.6 Å². The molecule has 2 aliphatic heterocycles. The minimum absolute atomic E-state index is 0.134. The first-order chi connectivity index (χ1) is 17.8. The Kier molecular flexibility index (Phi) is 6.50. The molecule has 1 N–H and O–H groups in total. The smallest absolute Gasteiger partial charge is 0.318 e. The summed E-state index contributed by atoms with van der Waals surface area (Å²) in [4.78, 5) is 38.8. The molecule has 37 heavy (non-hydrogen) atoms. The van der Waals surface area contributed by atoms with Crippen molar-refractivity contribution in [3.05, 3.63) is 52.4 Å². The zero-order valence-electron chi connectivity index (χ0n) is 20.4. The summed E-state index contributed by atoms with van der Waals surface area (Å²) in [5, 5.41) is 12.7. The molecule has 9 nitrogen and oxygen atoms in total. The number of fused-ring (bicyclic) bond motifs is 3. The topological polar surface area (TPSA) is 111 Å². The Morgan fingerprint density at radius 3 is 2.97 bits per heavy atom. The van der Waals surface area contributed by atoms with Gasteiger partial charge in [0.15, 0.2) is 5.82 Å². The van der Waals surface area contributed by atoms with Crippen LogP contribution in [-0.4, -0.2) is 59.5 Å². The van der Waals surface area contributed by atoms with Crippen LogP contribution in [0.25, 0.3) is 0 Å². The Morgan fingerprint density at radius 2 is 2.24 bits per heavy atom. The van der Waals surface area contributed by atoms with Gasteiger partial charge in [-0.05, 0) is 48.6 Å². The first-order valence-electron chi connectivity index (χ1n) is 12.1. The van der Waals surface area contributed by atoms with Gasteiger partial charge in [-0.2, -0.15) is 15.2 Å². The van der Waals surface area contributed by atoms with E-state index in [9.17, 15) is 19.2 Å². The molecule has 0 saturated carbocycles. The highest BCUT2D eigenvalue weighted by Crippen LogP contribution is 2.48. The maximum absolute atomic E-state index is 14.4. The Balaban J connectivity index is 1.56. The monoisotopic (exact) mass is 524 g/mol. The zero-order valence-corrected chi connectivity index (χ0v) is 21.1. The number of aromatic nitrogens is 2.